The van der Waals surface area contributed by atoms with E-state index in [1.807, 2.05) is 19.1 Å². The van der Waals surface area contributed by atoms with E-state index in [9.17, 15) is 4.79 Å². The Labute approximate surface area is 146 Å². The zero-order valence-corrected chi connectivity index (χ0v) is 14.6. The lowest BCUT2D eigenvalue weighted by molar-refractivity contribution is 0.431. The minimum atomic E-state index is -0.0788. The van der Waals surface area contributed by atoms with Crippen molar-refractivity contribution >= 4 is 24.0 Å². The number of halogens is 2. The van der Waals surface area contributed by atoms with Crippen molar-refractivity contribution in [3.8, 4) is 0 Å². The Kier molecular flexibility index (Phi) is 6.21. The average molecular weight is 358 g/mol. The smallest absolute Gasteiger partial charge is 0.316 e. The van der Waals surface area contributed by atoms with E-state index >= 15 is 0 Å². The van der Waals surface area contributed by atoms with E-state index in [1.54, 1.807) is 10.6 Å². The molecule has 3 heterocycles. The monoisotopic (exact) mass is 357 g/mol. The van der Waals surface area contributed by atoms with E-state index in [1.165, 1.54) is 4.68 Å². The van der Waals surface area contributed by atoms with E-state index < -0.39 is 0 Å². The number of nitrogens with zero attached hydrogens (tertiary/aromatic N) is 4. The molecule has 0 aromatic carbocycles. The molecule has 1 atom stereocenters. The van der Waals surface area contributed by atoms with Crippen LogP contribution in [-0.2, 0) is 13.1 Å². The molecule has 0 saturated carbocycles. The van der Waals surface area contributed by atoms with Crippen LogP contribution in [0.1, 0.15) is 37.2 Å². The topological polar surface area (TPSA) is 64.7 Å². The lowest BCUT2D eigenvalue weighted by Gasteiger charge is -2.21. The molecule has 1 N–H and O–H groups in total. The number of nitrogens with one attached hydrogen (secondary N) is 1. The molecule has 2 aromatic rings. The number of pyridine rings is 1. The van der Waals surface area contributed by atoms with E-state index in [2.05, 4.69) is 15.4 Å². The van der Waals surface area contributed by atoms with Gasteiger partial charge in [0.25, 0.3) is 0 Å². The van der Waals surface area contributed by atoms with Crippen molar-refractivity contribution in [1.29, 1.82) is 0 Å². The number of hydrogen-bond donors (Lipinski definition) is 1. The quantitative estimate of drug-likeness (QED) is 0.850. The van der Waals surface area contributed by atoms with Crippen molar-refractivity contribution in [2.45, 2.75) is 38.8 Å². The van der Waals surface area contributed by atoms with Gasteiger partial charge in [0.15, 0.2) is 0 Å². The van der Waals surface area contributed by atoms with Crippen LogP contribution < -0.4 is 11.0 Å². The van der Waals surface area contributed by atoms with Gasteiger partial charge >= 0.3 is 5.69 Å². The second kappa shape index (κ2) is 7.95. The molecule has 6 nitrogen and oxygen atoms in total. The second-order valence-corrected chi connectivity index (χ2v) is 5.92. The molecule has 1 aliphatic heterocycles. The van der Waals surface area contributed by atoms with Crippen LogP contribution in [0.4, 0.5) is 0 Å². The summed E-state index contributed by atoms with van der Waals surface area (Å²) < 4.78 is 3.26. The van der Waals surface area contributed by atoms with Gasteiger partial charge in [-0.15, -0.1) is 12.4 Å². The molecular formula is C15H21Cl2N5O. The number of piperidine rings is 1. The predicted octanol–water partition coefficient (Wildman–Crippen LogP) is 2.05. The molecular weight excluding hydrogens is 337 g/mol. The van der Waals surface area contributed by atoms with Crippen LogP contribution in [0.25, 0.3) is 0 Å². The maximum Gasteiger partial charge on any atom is 0.346 e. The molecule has 0 bridgehead atoms. The fourth-order valence-corrected chi connectivity index (χ4v) is 3.11. The second-order valence-electron chi connectivity index (χ2n) is 5.54. The van der Waals surface area contributed by atoms with Crippen LogP contribution in [0.5, 0.6) is 0 Å². The number of rotatable bonds is 4. The summed E-state index contributed by atoms with van der Waals surface area (Å²) in [5, 5.41) is 8.38. The van der Waals surface area contributed by atoms with Gasteiger partial charge in [-0.3, -0.25) is 4.57 Å². The van der Waals surface area contributed by atoms with Crippen LogP contribution >= 0.6 is 24.0 Å². The summed E-state index contributed by atoms with van der Waals surface area (Å²) in [6.45, 7) is 4.88. The van der Waals surface area contributed by atoms with E-state index in [0.717, 1.165) is 37.4 Å². The van der Waals surface area contributed by atoms with Crippen LogP contribution in [0.2, 0.25) is 5.15 Å². The summed E-state index contributed by atoms with van der Waals surface area (Å²) in [4.78, 5) is 16.8. The summed E-state index contributed by atoms with van der Waals surface area (Å²) >= 11 is 5.90. The molecule has 23 heavy (non-hydrogen) atoms. The molecule has 1 fully saturated rings. The number of aromatic nitrogens is 4. The lowest BCUT2D eigenvalue weighted by Crippen LogP contribution is -2.31. The van der Waals surface area contributed by atoms with Gasteiger partial charge in [-0.1, -0.05) is 17.7 Å². The first-order valence-corrected chi connectivity index (χ1v) is 8.06. The zero-order chi connectivity index (χ0) is 15.5. The largest absolute Gasteiger partial charge is 0.346 e. The summed E-state index contributed by atoms with van der Waals surface area (Å²) in [5.41, 5.74) is 0.661. The molecule has 0 spiro atoms. The molecule has 1 saturated heterocycles. The van der Waals surface area contributed by atoms with Gasteiger partial charge in [0, 0.05) is 19.0 Å². The Balaban J connectivity index is 0.00000192. The molecule has 3 rings (SSSR count). The molecule has 1 unspecified atom stereocenters. The minimum Gasteiger partial charge on any atom is -0.316 e. The Hall–Kier alpha value is -1.37. The van der Waals surface area contributed by atoms with Gasteiger partial charge in [0.2, 0.25) is 0 Å². The van der Waals surface area contributed by atoms with Crippen molar-refractivity contribution < 1.29 is 0 Å². The standard InChI is InChI=1S/C15H20ClN5O.ClH/c1-2-20-14(11-5-4-8-17-9-11)19-21(15(20)22)10-12-6-3-7-13(16)18-12;/h3,6-7,11,17H,2,4-5,8-10H2,1H3;1H. The third-order valence-electron chi connectivity index (χ3n) is 4.01. The fraction of sp³-hybridized carbons (Fsp3) is 0.533. The van der Waals surface area contributed by atoms with Gasteiger partial charge in [-0.25, -0.2) is 14.5 Å². The summed E-state index contributed by atoms with van der Waals surface area (Å²) in [6, 6.07) is 5.40. The lowest BCUT2D eigenvalue weighted by atomic mass is 9.99. The maximum atomic E-state index is 12.5. The van der Waals surface area contributed by atoms with Crippen LogP contribution in [-0.4, -0.2) is 32.4 Å². The highest BCUT2D eigenvalue weighted by molar-refractivity contribution is 6.29. The molecule has 1 aliphatic rings. The van der Waals surface area contributed by atoms with E-state index in [4.69, 9.17) is 11.6 Å². The first-order valence-electron chi connectivity index (χ1n) is 7.68. The molecule has 0 aliphatic carbocycles. The number of hydrogen-bond acceptors (Lipinski definition) is 4. The van der Waals surface area contributed by atoms with Gasteiger partial charge in [0.05, 0.1) is 12.2 Å². The van der Waals surface area contributed by atoms with Crippen molar-refractivity contribution in [2.75, 3.05) is 13.1 Å². The first kappa shape index (κ1) is 18.0. The van der Waals surface area contributed by atoms with Crippen molar-refractivity contribution in [3.05, 3.63) is 45.4 Å². The molecule has 0 amide bonds. The molecule has 2 aromatic heterocycles. The highest BCUT2D eigenvalue weighted by Gasteiger charge is 2.23. The average Bonchev–Trinajstić information content (AvgIpc) is 2.84. The Bertz CT molecular complexity index is 706. The third kappa shape index (κ3) is 3.94. The third-order valence-corrected chi connectivity index (χ3v) is 4.22. The van der Waals surface area contributed by atoms with E-state index in [-0.39, 0.29) is 18.1 Å². The first-order chi connectivity index (χ1) is 10.7. The van der Waals surface area contributed by atoms with Gasteiger partial charge in [0.1, 0.15) is 11.0 Å². The minimum absolute atomic E-state index is 0. The maximum absolute atomic E-state index is 12.5. The molecule has 0 radical (unpaired) electrons. The van der Waals surface area contributed by atoms with Crippen LogP contribution in [0.3, 0.4) is 0 Å². The van der Waals surface area contributed by atoms with Crippen molar-refractivity contribution in [3.63, 3.8) is 0 Å². The van der Waals surface area contributed by atoms with Crippen molar-refractivity contribution in [1.82, 2.24) is 24.6 Å². The van der Waals surface area contributed by atoms with Gasteiger partial charge in [-0.2, -0.15) is 5.10 Å². The molecule has 8 heteroatoms. The summed E-state index contributed by atoms with van der Waals surface area (Å²) in [5.74, 6) is 1.18. The van der Waals surface area contributed by atoms with Crippen LogP contribution in [0.15, 0.2) is 23.0 Å². The highest BCUT2D eigenvalue weighted by Crippen LogP contribution is 2.20. The molecule has 126 valence electrons. The SMILES string of the molecule is CCn1c(C2CCCNC2)nn(Cc2cccc(Cl)n2)c1=O.Cl. The van der Waals surface area contributed by atoms with Gasteiger partial charge in [-0.05, 0) is 38.4 Å². The fourth-order valence-electron chi connectivity index (χ4n) is 2.92. The highest BCUT2D eigenvalue weighted by atomic mass is 35.5. The summed E-state index contributed by atoms with van der Waals surface area (Å²) in [6.07, 6.45) is 2.18. The Morgan fingerprint density at radius 1 is 1.43 bits per heavy atom. The normalized spacial score (nSPS) is 17.7. The predicted molar refractivity (Wildman–Crippen MR) is 92.6 cm³/mol. The van der Waals surface area contributed by atoms with Crippen LogP contribution in [0, 0.1) is 0 Å². The van der Waals surface area contributed by atoms with Crippen molar-refractivity contribution in [2.24, 2.45) is 0 Å². The van der Waals surface area contributed by atoms with Gasteiger partial charge < -0.3 is 5.32 Å². The van der Waals surface area contributed by atoms with E-state index in [0.29, 0.717) is 24.2 Å². The summed E-state index contributed by atoms with van der Waals surface area (Å²) in [7, 11) is 0. The Morgan fingerprint density at radius 2 is 2.26 bits per heavy atom. The zero-order valence-electron chi connectivity index (χ0n) is 13.0. The Morgan fingerprint density at radius 3 is 2.91 bits per heavy atom.